The maximum Gasteiger partial charge on any atom is 0.311 e. The van der Waals surface area contributed by atoms with Crippen LogP contribution in [0.25, 0.3) is 0 Å². The molecule has 0 saturated heterocycles. The van der Waals surface area contributed by atoms with Gasteiger partial charge in [0.1, 0.15) is 0 Å². The van der Waals surface area contributed by atoms with Crippen LogP contribution in [0.15, 0.2) is 6.07 Å². The first-order chi connectivity index (χ1) is 8.13. The van der Waals surface area contributed by atoms with E-state index in [1.807, 2.05) is 0 Å². The van der Waals surface area contributed by atoms with E-state index in [1.54, 1.807) is 0 Å². The van der Waals surface area contributed by atoms with Crippen LogP contribution in [0.2, 0.25) is 0 Å². The molecule has 5 nitrogen and oxygen atoms in total. The molecule has 96 valence electrons. The predicted molar refractivity (Wildman–Crippen MR) is 63.1 cm³/mol. The number of aromatic nitrogens is 1. The van der Waals surface area contributed by atoms with Crippen LogP contribution in [0, 0.1) is 0 Å². The molecule has 0 aliphatic carbocycles. The molecule has 17 heavy (non-hydrogen) atoms. The predicted octanol–water partition coefficient (Wildman–Crippen LogP) is 2.69. The Balaban J connectivity index is 2.23. The summed E-state index contributed by atoms with van der Waals surface area (Å²) in [5, 5.41) is 18.2. The third-order valence-electron chi connectivity index (χ3n) is 2.46. The van der Waals surface area contributed by atoms with Gasteiger partial charge in [0.15, 0.2) is 11.6 Å². The number of aromatic hydroxyl groups is 2. The van der Waals surface area contributed by atoms with Crippen LogP contribution in [0.5, 0.6) is 17.5 Å². The van der Waals surface area contributed by atoms with Crippen LogP contribution in [-0.2, 0) is 4.79 Å². The van der Waals surface area contributed by atoms with Gasteiger partial charge in [-0.3, -0.25) is 9.78 Å². The first kappa shape index (κ1) is 13.4. The molecule has 0 unspecified atom stereocenters. The molecule has 0 spiro atoms. The van der Waals surface area contributed by atoms with Crippen LogP contribution < -0.4 is 4.74 Å². The molecule has 0 amide bonds. The fraction of sp³-hybridized carbons (Fsp3) is 0.583. The quantitative estimate of drug-likeness (QED) is 0.506. The zero-order valence-corrected chi connectivity index (χ0v) is 10.0. The number of carbonyl (C=O) groups is 1. The summed E-state index contributed by atoms with van der Waals surface area (Å²) in [5.41, 5.74) is 0. The van der Waals surface area contributed by atoms with Gasteiger partial charge in [-0.05, 0) is 6.42 Å². The van der Waals surface area contributed by atoms with Crippen molar-refractivity contribution in [2.75, 3.05) is 0 Å². The largest absolute Gasteiger partial charge is 0.494 e. The van der Waals surface area contributed by atoms with Gasteiger partial charge in [0, 0.05) is 12.5 Å². The third kappa shape index (κ3) is 4.80. The van der Waals surface area contributed by atoms with Crippen molar-refractivity contribution in [2.45, 2.75) is 45.4 Å². The lowest BCUT2D eigenvalue weighted by Crippen LogP contribution is -2.07. The Labute approximate surface area is 100 Å². The molecule has 5 heteroatoms. The summed E-state index contributed by atoms with van der Waals surface area (Å²) in [4.78, 5) is 13.6. The van der Waals surface area contributed by atoms with E-state index in [4.69, 9.17) is 9.84 Å². The van der Waals surface area contributed by atoms with E-state index < -0.39 is 5.97 Å². The van der Waals surface area contributed by atoms with E-state index in [1.165, 1.54) is 18.9 Å². The normalized spacial score (nSPS) is 10.4. The highest BCUT2D eigenvalue weighted by Gasteiger charge is 2.12. The summed E-state index contributed by atoms with van der Waals surface area (Å²) >= 11 is 0. The van der Waals surface area contributed by atoms with Crippen molar-refractivity contribution in [1.29, 1.82) is 0 Å². The van der Waals surface area contributed by atoms with Gasteiger partial charge in [-0.1, -0.05) is 32.6 Å². The van der Waals surface area contributed by atoms with Gasteiger partial charge in [0.05, 0.1) is 0 Å². The summed E-state index contributed by atoms with van der Waals surface area (Å²) in [5.74, 6) is -0.980. The zero-order chi connectivity index (χ0) is 12.7. The molecular formula is C12H19NO4. The summed E-state index contributed by atoms with van der Waals surface area (Å²) in [6.07, 6.45) is 5.60. The van der Waals surface area contributed by atoms with Gasteiger partial charge in [0.2, 0.25) is 5.88 Å². The fourth-order valence-electron chi connectivity index (χ4n) is 1.54. The van der Waals surface area contributed by atoms with Crippen molar-refractivity contribution in [3.05, 3.63) is 6.07 Å². The van der Waals surface area contributed by atoms with Crippen molar-refractivity contribution in [3.8, 4) is 17.5 Å². The van der Waals surface area contributed by atoms with Crippen LogP contribution in [0.3, 0.4) is 0 Å². The van der Waals surface area contributed by atoms with Crippen molar-refractivity contribution in [3.63, 3.8) is 0 Å². The number of esters is 1. The van der Waals surface area contributed by atoms with Crippen molar-refractivity contribution < 1.29 is 19.7 Å². The van der Waals surface area contributed by atoms with Crippen molar-refractivity contribution in [1.82, 2.24) is 4.98 Å². The molecule has 1 rings (SSSR count). The van der Waals surface area contributed by atoms with E-state index in [0.29, 0.717) is 6.42 Å². The monoisotopic (exact) mass is 241 g/mol. The van der Waals surface area contributed by atoms with Gasteiger partial charge >= 0.3 is 5.97 Å². The Morgan fingerprint density at radius 1 is 1.29 bits per heavy atom. The van der Waals surface area contributed by atoms with Crippen molar-refractivity contribution >= 4 is 5.97 Å². The molecular weight excluding hydrogens is 222 g/mol. The highest BCUT2D eigenvalue weighted by Crippen LogP contribution is 2.29. The smallest absolute Gasteiger partial charge is 0.311 e. The SMILES string of the molecule is CCCCCCCC(=O)Oc1cc(O)[nH]c1O. The molecule has 0 aromatic carbocycles. The molecule has 0 bridgehead atoms. The molecule has 0 fully saturated rings. The number of H-pyrrole nitrogens is 1. The van der Waals surface area contributed by atoms with Crippen LogP contribution in [-0.4, -0.2) is 21.2 Å². The lowest BCUT2D eigenvalue weighted by atomic mass is 10.1. The van der Waals surface area contributed by atoms with Crippen LogP contribution >= 0.6 is 0 Å². The third-order valence-corrected chi connectivity index (χ3v) is 2.46. The molecule has 3 N–H and O–H groups in total. The Morgan fingerprint density at radius 2 is 2.00 bits per heavy atom. The second kappa shape index (κ2) is 6.83. The topological polar surface area (TPSA) is 82.5 Å². The van der Waals surface area contributed by atoms with Gasteiger partial charge in [-0.2, -0.15) is 0 Å². The van der Waals surface area contributed by atoms with Crippen LogP contribution in [0.1, 0.15) is 45.4 Å². The Kier molecular flexibility index (Phi) is 5.39. The van der Waals surface area contributed by atoms with E-state index in [0.717, 1.165) is 19.3 Å². The van der Waals surface area contributed by atoms with Gasteiger partial charge in [0.25, 0.3) is 0 Å². The maximum absolute atomic E-state index is 11.4. The van der Waals surface area contributed by atoms with Gasteiger partial charge in [-0.25, -0.2) is 0 Å². The van der Waals surface area contributed by atoms with Crippen LogP contribution in [0.4, 0.5) is 0 Å². The molecule has 1 aromatic rings. The number of ether oxygens (including phenoxy) is 1. The second-order valence-corrected chi connectivity index (χ2v) is 4.01. The first-order valence-electron chi connectivity index (χ1n) is 5.95. The minimum atomic E-state index is -0.393. The molecule has 1 heterocycles. The number of carbonyl (C=O) groups excluding carboxylic acids is 1. The molecule has 0 aliphatic rings. The fourth-order valence-corrected chi connectivity index (χ4v) is 1.54. The summed E-state index contributed by atoms with van der Waals surface area (Å²) in [6, 6.07) is 1.17. The average Bonchev–Trinajstić information content (AvgIpc) is 2.57. The maximum atomic E-state index is 11.4. The van der Waals surface area contributed by atoms with E-state index in [2.05, 4.69) is 11.9 Å². The Hall–Kier alpha value is -1.65. The van der Waals surface area contributed by atoms with E-state index in [9.17, 15) is 9.90 Å². The van der Waals surface area contributed by atoms with E-state index in [-0.39, 0.29) is 17.5 Å². The number of hydrogen-bond acceptors (Lipinski definition) is 4. The van der Waals surface area contributed by atoms with E-state index >= 15 is 0 Å². The number of rotatable bonds is 7. The number of aromatic amines is 1. The Morgan fingerprint density at radius 3 is 2.59 bits per heavy atom. The lowest BCUT2D eigenvalue weighted by Gasteiger charge is -2.02. The number of unbranched alkanes of at least 4 members (excludes halogenated alkanes) is 4. The highest BCUT2D eigenvalue weighted by molar-refractivity contribution is 5.73. The molecule has 0 aliphatic heterocycles. The van der Waals surface area contributed by atoms with Crippen molar-refractivity contribution in [2.24, 2.45) is 0 Å². The minimum Gasteiger partial charge on any atom is -0.494 e. The summed E-state index contributed by atoms with van der Waals surface area (Å²) in [7, 11) is 0. The Bertz CT molecular complexity index is 359. The minimum absolute atomic E-state index is 0.0268. The van der Waals surface area contributed by atoms with Gasteiger partial charge < -0.3 is 14.9 Å². The summed E-state index contributed by atoms with van der Waals surface area (Å²) in [6.45, 7) is 2.13. The molecule has 1 aromatic heterocycles. The standard InChI is InChI=1S/C12H19NO4/c1-2-3-4-5-6-7-11(15)17-9-8-10(14)13-12(9)16/h8,13-14,16H,2-7H2,1H3. The second-order valence-electron chi connectivity index (χ2n) is 4.01. The molecule has 0 atom stereocenters. The number of hydrogen-bond donors (Lipinski definition) is 3. The molecule has 0 saturated carbocycles. The highest BCUT2D eigenvalue weighted by atomic mass is 16.5. The first-order valence-corrected chi connectivity index (χ1v) is 5.95. The summed E-state index contributed by atoms with van der Waals surface area (Å²) < 4.78 is 4.89. The zero-order valence-electron chi connectivity index (χ0n) is 10.0. The van der Waals surface area contributed by atoms with Gasteiger partial charge in [-0.15, -0.1) is 0 Å². The number of nitrogens with one attached hydrogen (secondary N) is 1. The average molecular weight is 241 g/mol. The molecule has 0 radical (unpaired) electrons. The lowest BCUT2D eigenvalue weighted by molar-refractivity contribution is -0.134.